The van der Waals surface area contributed by atoms with Crippen molar-refractivity contribution in [2.45, 2.75) is 43.6 Å². The van der Waals surface area contributed by atoms with Crippen molar-refractivity contribution in [3.05, 3.63) is 58.3 Å². The highest BCUT2D eigenvalue weighted by atomic mass is 19.3. The fourth-order valence-electron chi connectivity index (χ4n) is 4.33. The third kappa shape index (κ3) is 4.40. The van der Waals surface area contributed by atoms with E-state index in [1.54, 1.807) is 37.4 Å². The van der Waals surface area contributed by atoms with Gasteiger partial charge >= 0.3 is 0 Å². The number of aliphatic hydroxyl groups is 1. The third-order valence-corrected chi connectivity index (χ3v) is 6.17. The van der Waals surface area contributed by atoms with Gasteiger partial charge in [-0.2, -0.15) is 5.10 Å². The summed E-state index contributed by atoms with van der Waals surface area (Å²) in [5, 5.41) is 15.8. The van der Waals surface area contributed by atoms with Crippen molar-refractivity contribution in [3.63, 3.8) is 0 Å². The molecule has 0 aliphatic carbocycles. The zero-order valence-electron chi connectivity index (χ0n) is 17.7. The van der Waals surface area contributed by atoms with Gasteiger partial charge in [0.2, 0.25) is 12.3 Å². The van der Waals surface area contributed by atoms with Crippen molar-refractivity contribution in [1.29, 1.82) is 0 Å². The lowest BCUT2D eigenvalue weighted by molar-refractivity contribution is -0.136. The second-order valence-corrected chi connectivity index (χ2v) is 8.34. The normalized spacial score (nSPS) is 17.1. The number of hydrogen-bond donors (Lipinski definition) is 2. The van der Waals surface area contributed by atoms with Gasteiger partial charge in [-0.3, -0.25) is 9.59 Å². The Balaban J connectivity index is 1.42. The number of alkyl halides is 2. The minimum Gasteiger partial charge on any atom is -0.389 e. The fourth-order valence-corrected chi connectivity index (χ4v) is 4.33. The summed E-state index contributed by atoms with van der Waals surface area (Å²) >= 11 is 0. The molecule has 0 radical (unpaired) electrons. The predicted octanol–water partition coefficient (Wildman–Crippen LogP) is 1.99. The van der Waals surface area contributed by atoms with Gasteiger partial charge in [0.05, 0.1) is 23.5 Å². The standard InChI is InChI=1S/C22H25F2N5O3/c1-28-20-18(21(31)26-13-25-20)16(27-28)12-22(32)7-9-29(10-8-22)17(30)11-15(19(23)24)14-5-3-2-4-6-14/h2-6,13,15,19,32H,7-12H2,1H3,(H,25,26,31). The van der Waals surface area contributed by atoms with Gasteiger partial charge in [-0.25, -0.2) is 18.4 Å². The Bertz CT molecular complexity index is 1150. The van der Waals surface area contributed by atoms with Gasteiger partial charge in [-0.1, -0.05) is 30.3 Å². The number of carbonyl (C=O) groups excluding carboxylic acids is 1. The van der Waals surface area contributed by atoms with E-state index >= 15 is 0 Å². The van der Waals surface area contributed by atoms with E-state index in [2.05, 4.69) is 15.1 Å². The summed E-state index contributed by atoms with van der Waals surface area (Å²) in [5.74, 6) is -1.52. The molecule has 0 bridgehead atoms. The number of H-pyrrole nitrogens is 1. The molecule has 1 aliphatic rings. The Kier molecular flexibility index (Phi) is 6.05. The van der Waals surface area contributed by atoms with Gasteiger partial charge in [0.15, 0.2) is 5.65 Å². The molecule has 0 spiro atoms. The summed E-state index contributed by atoms with van der Waals surface area (Å²) in [6.07, 6.45) is -0.958. The molecule has 1 amide bonds. The highest BCUT2D eigenvalue weighted by molar-refractivity contribution is 5.78. The van der Waals surface area contributed by atoms with Crippen LogP contribution in [0.3, 0.4) is 0 Å². The molecule has 2 N–H and O–H groups in total. The number of aryl methyl sites for hydroxylation is 1. The van der Waals surface area contributed by atoms with Crippen molar-refractivity contribution in [1.82, 2.24) is 24.6 Å². The van der Waals surface area contributed by atoms with Crippen LogP contribution in [0.5, 0.6) is 0 Å². The molecule has 1 fully saturated rings. The van der Waals surface area contributed by atoms with Crippen LogP contribution >= 0.6 is 0 Å². The van der Waals surface area contributed by atoms with Crippen LogP contribution in [0.25, 0.3) is 11.0 Å². The largest absolute Gasteiger partial charge is 0.389 e. The number of likely N-dealkylation sites (tertiary alicyclic amines) is 1. The van der Waals surface area contributed by atoms with Gasteiger partial charge in [-0.15, -0.1) is 0 Å². The first-order chi connectivity index (χ1) is 15.3. The Morgan fingerprint density at radius 3 is 2.59 bits per heavy atom. The highest BCUT2D eigenvalue weighted by Crippen LogP contribution is 2.31. The van der Waals surface area contributed by atoms with Crippen LogP contribution in [0, 0.1) is 0 Å². The van der Waals surface area contributed by atoms with Gasteiger partial charge in [0, 0.05) is 33.0 Å². The molecule has 3 aromatic rings. The number of rotatable bonds is 6. The van der Waals surface area contributed by atoms with Crippen molar-refractivity contribution in [2.24, 2.45) is 7.05 Å². The van der Waals surface area contributed by atoms with Crippen molar-refractivity contribution in [3.8, 4) is 0 Å². The maximum absolute atomic E-state index is 13.6. The first-order valence-electron chi connectivity index (χ1n) is 10.5. The molecule has 8 nitrogen and oxygen atoms in total. The molecule has 170 valence electrons. The summed E-state index contributed by atoms with van der Waals surface area (Å²) in [6.45, 7) is 0.499. The Hall–Kier alpha value is -3.14. The number of hydrogen-bond acceptors (Lipinski definition) is 5. The van der Waals surface area contributed by atoms with Crippen LogP contribution < -0.4 is 5.56 Å². The number of amides is 1. The van der Waals surface area contributed by atoms with Crippen LogP contribution in [0.2, 0.25) is 0 Å². The van der Waals surface area contributed by atoms with E-state index in [9.17, 15) is 23.5 Å². The van der Waals surface area contributed by atoms with Crippen LogP contribution in [0.1, 0.15) is 36.4 Å². The molecule has 2 aromatic heterocycles. The minimum atomic E-state index is -2.65. The van der Waals surface area contributed by atoms with E-state index in [0.717, 1.165) is 0 Å². The summed E-state index contributed by atoms with van der Waals surface area (Å²) in [7, 11) is 1.68. The van der Waals surface area contributed by atoms with Gasteiger partial charge < -0.3 is 15.0 Å². The van der Waals surface area contributed by atoms with Gasteiger partial charge in [0.25, 0.3) is 5.56 Å². The number of nitrogens with zero attached hydrogens (tertiary/aromatic N) is 4. The minimum absolute atomic E-state index is 0.144. The van der Waals surface area contributed by atoms with E-state index < -0.39 is 17.9 Å². The maximum atomic E-state index is 13.6. The van der Waals surface area contributed by atoms with E-state index in [1.807, 2.05) is 0 Å². The molecule has 1 aliphatic heterocycles. The lowest BCUT2D eigenvalue weighted by Gasteiger charge is -2.38. The van der Waals surface area contributed by atoms with Crippen molar-refractivity contribution in [2.75, 3.05) is 13.1 Å². The first-order valence-corrected chi connectivity index (χ1v) is 10.5. The molecular weight excluding hydrogens is 420 g/mol. The molecule has 1 saturated heterocycles. The molecule has 1 unspecified atom stereocenters. The van der Waals surface area contributed by atoms with Crippen molar-refractivity contribution >= 4 is 16.9 Å². The lowest BCUT2D eigenvalue weighted by Crippen LogP contribution is -2.48. The highest BCUT2D eigenvalue weighted by Gasteiger charge is 2.37. The summed E-state index contributed by atoms with van der Waals surface area (Å²) < 4.78 is 28.7. The number of aromatic nitrogens is 4. The summed E-state index contributed by atoms with van der Waals surface area (Å²) in [5.41, 5.74) is -0.166. The second kappa shape index (κ2) is 8.78. The van der Waals surface area contributed by atoms with E-state index in [1.165, 1.54) is 15.9 Å². The van der Waals surface area contributed by atoms with Gasteiger partial charge in [0.1, 0.15) is 5.39 Å². The zero-order valence-corrected chi connectivity index (χ0v) is 17.7. The number of aromatic amines is 1. The predicted molar refractivity (Wildman–Crippen MR) is 113 cm³/mol. The van der Waals surface area contributed by atoms with Crippen LogP contribution in [0.15, 0.2) is 41.5 Å². The molecule has 3 heterocycles. The van der Waals surface area contributed by atoms with E-state index in [0.29, 0.717) is 22.3 Å². The van der Waals surface area contributed by atoms with Gasteiger partial charge in [-0.05, 0) is 18.4 Å². The number of fused-ring (bicyclic) bond motifs is 1. The average Bonchev–Trinajstić information content (AvgIpc) is 3.08. The average molecular weight is 445 g/mol. The fraction of sp³-hybridized carbons (Fsp3) is 0.455. The third-order valence-electron chi connectivity index (χ3n) is 6.17. The molecule has 10 heteroatoms. The summed E-state index contributed by atoms with van der Waals surface area (Å²) in [6, 6.07) is 8.31. The molecule has 4 rings (SSSR count). The maximum Gasteiger partial charge on any atom is 0.262 e. The zero-order chi connectivity index (χ0) is 22.9. The van der Waals surface area contributed by atoms with E-state index in [-0.39, 0.29) is 50.2 Å². The number of nitrogens with one attached hydrogen (secondary N) is 1. The molecule has 32 heavy (non-hydrogen) atoms. The number of piperidine rings is 1. The topological polar surface area (TPSA) is 104 Å². The SMILES string of the molecule is Cn1nc(CC2(O)CCN(C(=O)CC(c3ccccc3)C(F)F)CC2)c2c(=O)[nH]cnc21. The number of carbonyl (C=O) groups is 1. The first kappa shape index (κ1) is 22.1. The molecule has 1 aromatic carbocycles. The number of benzene rings is 1. The van der Waals surface area contributed by atoms with Crippen LogP contribution in [-0.2, 0) is 18.3 Å². The quantitative estimate of drug-likeness (QED) is 0.604. The Morgan fingerprint density at radius 1 is 1.25 bits per heavy atom. The monoisotopic (exact) mass is 445 g/mol. The lowest BCUT2D eigenvalue weighted by atomic mass is 9.86. The Morgan fingerprint density at radius 2 is 1.94 bits per heavy atom. The van der Waals surface area contributed by atoms with Crippen LogP contribution in [-0.4, -0.2) is 60.8 Å². The smallest absolute Gasteiger partial charge is 0.262 e. The molecular formula is C22H25F2N5O3. The molecule has 0 saturated carbocycles. The van der Waals surface area contributed by atoms with Crippen molar-refractivity contribution < 1.29 is 18.7 Å². The number of halogens is 2. The second-order valence-electron chi connectivity index (χ2n) is 8.34. The molecule has 1 atom stereocenters. The Labute approximate surface area is 182 Å². The van der Waals surface area contributed by atoms with E-state index in [4.69, 9.17) is 0 Å². The summed E-state index contributed by atoms with van der Waals surface area (Å²) in [4.78, 5) is 33.1. The van der Waals surface area contributed by atoms with Crippen LogP contribution in [0.4, 0.5) is 8.78 Å².